The second-order valence-corrected chi connectivity index (χ2v) is 4.27. The van der Waals surface area contributed by atoms with Gasteiger partial charge >= 0.3 is 0 Å². The molecule has 3 nitrogen and oxygen atoms in total. The number of pyridine rings is 1. The average molecular weight is 297 g/mol. The maximum atomic E-state index is 14.0. The van der Waals surface area contributed by atoms with Crippen LogP contribution in [0.2, 0.25) is 0 Å². The standard InChI is InChI=1S/C12H10BrFN2O/c1-17-10-4-2-3-8(11(10)14)7-5-9(13)12(15)16-6-7/h2-6H,1H3,(H2,15,16). The predicted octanol–water partition coefficient (Wildman–Crippen LogP) is 3.24. The normalized spacial score (nSPS) is 10.3. The van der Waals surface area contributed by atoms with Crippen molar-refractivity contribution < 1.29 is 9.13 Å². The van der Waals surface area contributed by atoms with E-state index in [4.69, 9.17) is 10.5 Å². The van der Waals surface area contributed by atoms with Gasteiger partial charge in [-0.2, -0.15) is 0 Å². The molecule has 0 saturated heterocycles. The number of nitrogens with two attached hydrogens (primary N) is 1. The Kier molecular flexibility index (Phi) is 3.28. The van der Waals surface area contributed by atoms with Crippen LogP contribution in [0, 0.1) is 5.82 Å². The summed E-state index contributed by atoms with van der Waals surface area (Å²) >= 11 is 3.26. The van der Waals surface area contributed by atoms with E-state index in [1.165, 1.54) is 13.3 Å². The molecule has 0 amide bonds. The Morgan fingerprint density at radius 1 is 1.41 bits per heavy atom. The third kappa shape index (κ3) is 2.24. The molecule has 0 aliphatic rings. The molecular formula is C12H10BrFN2O. The summed E-state index contributed by atoms with van der Waals surface area (Å²) in [6, 6.07) is 6.68. The summed E-state index contributed by atoms with van der Waals surface area (Å²) in [5, 5.41) is 0. The Bertz CT molecular complexity index is 560. The summed E-state index contributed by atoms with van der Waals surface area (Å²) in [7, 11) is 1.43. The molecule has 88 valence electrons. The minimum atomic E-state index is -0.409. The van der Waals surface area contributed by atoms with Gasteiger partial charge in [-0.3, -0.25) is 0 Å². The van der Waals surface area contributed by atoms with Crippen molar-refractivity contribution in [2.24, 2.45) is 0 Å². The summed E-state index contributed by atoms with van der Waals surface area (Å²) in [4.78, 5) is 3.98. The first-order chi connectivity index (χ1) is 8.13. The summed E-state index contributed by atoms with van der Waals surface area (Å²) in [6.07, 6.45) is 1.53. The number of hydrogen-bond donors (Lipinski definition) is 1. The molecule has 5 heteroatoms. The molecule has 0 fully saturated rings. The highest BCUT2D eigenvalue weighted by Crippen LogP contribution is 2.31. The fourth-order valence-corrected chi connectivity index (χ4v) is 1.84. The van der Waals surface area contributed by atoms with E-state index in [-0.39, 0.29) is 5.75 Å². The lowest BCUT2D eigenvalue weighted by atomic mass is 10.1. The zero-order valence-electron chi connectivity index (χ0n) is 9.08. The molecule has 0 bridgehead atoms. The first kappa shape index (κ1) is 11.9. The monoisotopic (exact) mass is 296 g/mol. The van der Waals surface area contributed by atoms with E-state index in [1.807, 2.05) is 0 Å². The number of hydrogen-bond acceptors (Lipinski definition) is 3. The maximum absolute atomic E-state index is 14.0. The fraction of sp³-hybridized carbons (Fsp3) is 0.0833. The van der Waals surface area contributed by atoms with Crippen molar-refractivity contribution >= 4 is 21.7 Å². The van der Waals surface area contributed by atoms with Crippen LogP contribution >= 0.6 is 15.9 Å². The van der Waals surface area contributed by atoms with Crippen LogP contribution in [0.4, 0.5) is 10.2 Å². The van der Waals surface area contributed by atoms with Gasteiger partial charge in [-0.15, -0.1) is 0 Å². The zero-order chi connectivity index (χ0) is 12.4. The van der Waals surface area contributed by atoms with Gasteiger partial charge in [-0.25, -0.2) is 9.37 Å². The van der Waals surface area contributed by atoms with Crippen LogP contribution in [0.15, 0.2) is 34.9 Å². The maximum Gasteiger partial charge on any atom is 0.172 e. The summed E-state index contributed by atoms with van der Waals surface area (Å²) < 4.78 is 19.6. The lowest BCUT2D eigenvalue weighted by Crippen LogP contribution is -1.94. The molecule has 2 aromatic rings. The second-order valence-electron chi connectivity index (χ2n) is 3.41. The third-order valence-electron chi connectivity index (χ3n) is 2.36. The number of aromatic nitrogens is 1. The Morgan fingerprint density at radius 3 is 2.82 bits per heavy atom. The molecular weight excluding hydrogens is 287 g/mol. The summed E-state index contributed by atoms with van der Waals surface area (Å²) in [5.74, 6) is 0.168. The van der Waals surface area contributed by atoms with E-state index in [0.29, 0.717) is 21.4 Å². The van der Waals surface area contributed by atoms with Crippen molar-refractivity contribution in [1.82, 2.24) is 4.98 Å². The van der Waals surface area contributed by atoms with Crippen molar-refractivity contribution in [1.29, 1.82) is 0 Å². The number of ether oxygens (including phenoxy) is 1. The van der Waals surface area contributed by atoms with Crippen LogP contribution in [0.25, 0.3) is 11.1 Å². The van der Waals surface area contributed by atoms with Crippen LogP contribution in [-0.2, 0) is 0 Å². The molecule has 17 heavy (non-hydrogen) atoms. The molecule has 2 rings (SSSR count). The van der Waals surface area contributed by atoms with Crippen molar-refractivity contribution in [3.8, 4) is 16.9 Å². The molecule has 0 saturated carbocycles. The van der Waals surface area contributed by atoms with Crippen molar-refractivity contribution in [3.63, 3.8) is 0 Å². The summed E-state index contributed by atoms with van der Waals surface area (Å²) in [6.45, 7) is 0. The molecule has 0 spiro atoms. The predicted molar refractivity (Wildman–Crippen MR) is 68.3 cm³/mol. The number of benzene rings is 1. The number of nitrogen functional groups attached to an aromatic ring is 1. The fourth-order valence-electron chi connectivity index (χ4n) is 1.49. The average Bonchev–Trinajstić information content (AvgIpc) is 2.33. The highest BCUT2D eigenvalue weighted by molar-refractivity contribution is 9.10. The van der Waals surface area contributed by atoms with Gasteiger partial charge < -0.3 is 10.5 Å². The number of halogens is 2. The number of methoxy groups -OCH3 is 1. The van der Waals surface area contributed by atoms with Gasteiger partial charge in [0.15, 0.2) is 11.6 Å². The molecule has 0 atom stereocenters. The van der Waals surface area contributed by atoms with Gasteiger partial charge in [0.05, 0.1) is 11.6 Å². The van der Waals surface area contributed by atoms with E-state index in [2.05, 4.69) is 20.9 Å². The van der Waals surface area contributed by atoms with Gasteiger partial charge in [0.25, 0.3) is 0 Å². The number of nitrogens with zero attached hydrogens (tertiary/aromatic N) is 1. The van der Waals surface area contributed by atoms with Crippen molar-refractivity contribution in [3.05, 3.63) is 40.8 Å². The minimum absolute atomic E-state index is 0.204. The lowest BCUT2D eigenvalue weighted by molar-refractivity contribution is 0.387. The van der Waals surface area contributed by atoms with Crippen LogP contribution in [0.1, 0.15) is 0 Å². The van der Waals surface area contributed by atoms with E-state index in [9.17, 15) is 4.39 Å². The first-order valence-electron chi connectivity index (χ1n) is 4.87. The second kappa shape index (κ2) is 4.71. The minimum Gasteiger partial charge on any atom is -0.494 e. The van der Waals surface area contributed by atoms with Crippen molar-refractivity contribution in [2.75, 3.05) is 12.8 Å². The Labute approximate surface area is 107 Å². The number of rotatable bonds is 2. The Hall–Kier alpha value is -1.62. The molecule has 0 radical (unpaired) electrons. The Morgan fingerprint density at radius 2 is 2.18 bits per heavy atom. The van der Waals surface area contributed by atoms with Crippen molar-refractivity contribution in [2.45, 2.75) is 0 Å². The Balaban J connectivity index is 2.56. The van der Waals surface area contributed by atoms with Gasteiger partial charge in [0.1, 0.15) is 5.82 Å². The number of anilines is 1. The van der Waals surface area contributed by atoms with Crippen LogP contribution in [-0.4, -0.2) is 12.1 Å². The van der Waals surface area contributed by atoms with E-state index < -0.39 is 5.82 Å². The van der Waals surface area contributed by atoms with E-state index in [0.717, 1.165) is 0 Å². The first-order valence-corrected chi connectivity index (χ1v) is 5.66. The molecule has 0 aliphatic carbocycles. The molecule has 2 N–H and O–H groups in total. The zero-order valence-corrected chi connectivity index (χ0v) is 10.7. The molecule has 0 aliphatic heterocycles. The van der Waals surface area contributed by atoms with Crippen LogP contribution < -0.4 is 10.5 Å². The topological polar surface area (TPSA) is 48.1 Å². The third-order valence-corrected chi connectivity index (χ3v) is 3.00. The lowest BCUT2D eigenvalue weighted by Gasteiger charge is -2.08. The van der Waals surface area contributed by atoms with Gasteiger partial charge in [-0.1, -0.05) is 12.1 Å². The smallest absolute Gasteiger partial charge is 0.172 e. The molecule has 1 aromatic carbocycles. The SMILES string of the molecule is COc1cccc(-c2cnc(N)c(Br)c2)c1F. The van der Waals surface area contributed by atoms with Crippen LogP contribution in [0.5, 0.6) is 5.75 Å². The largest absolute Gasteiger partial charge is 0.494 e. The van der Waals surface area contributed by atoms with Gasteiger partial charge in [-0.05, 0) is 28.1 Å². The van der Waals surface area contributed by atoms with Gasteiger partial charge in [0.2, 0.25) is 0 Å². The van der Waals surface area contributed by atoms with Crippen LogP contribution in [0.3, 0.4) is 0 Å². The highest BCUT2D eigenvalue weighted by Gasteiger charge is 2.11. The van der Waals surface area contributed by atoms with E-state index >= 15 is 0 Å². The molecule has 0 unspecified atom stereocenters. The quantitative estimate of drug-likeness (QED) is 0.925. The molecule has 1 aromatic heterocycles. The summed E-state index contributed by atoms with van der Waals surface area (Å²) in [5.41, 5.74) is 6.65. The highest BCUT2D eigenvalue weighted by atomic mass is 79.9. The van der Waals surface area contributed by atoms with Gasteiger partial charge in [0, 0.05) is 17.3 Å². The van der Waals surface area contributed by atoms with E-state index in [1.54, 1.807) is 24.3 Å². The molecule has 1 heterocycles.